The molecule has 0 radical (unpaired) electrons. The molecule has 8 heteroatoms. The molecule has 0 unspecified atom stereocenters. The third-order valence-corrected chi connectivity index (χ3v) is 3.77. The lowest BCUT2D eigenvalue weighted by Gasteiger charge is -2.15. The lowest BCUT2D eigenvalue weighted by molar-refractivity contribution is -0.128. The van der Waals surface area contributed by atoms with E-state index in [0.717, 1.165) is 4.47 Å². The molecule has 0 aliphatic rings. The molecule has 0 aliphatic heterocycles. The molecule has 2 N–H and O–H groups in total. The molecule has 2 rings (SSSR count). The SMILES string of the molecule is CCc1noc(C)c1C(=O)NNC(=O)[C@H](C)Oc1cccc(Br)c1. The average molecular weight is 396 g/mol. The smallest absolute Gasteiger partial charge is 0.279 e. The number of carbonyl (C=O) groups excluding carboxylic acids is 2. The van der Waals surface area contributed by atoms with Gasteiger partial charge in [-0.15, -0.1) is 0 Å². The van der Waals surface area contributed by atoms with Gasteiger partial charge in [0.2, 0.25) is 0 Å². The molecule has 24 heavy (non-hydrogen) atoms. The Morgan fingerprint density at radius 3 is 2.79 bits per heavy atom. The fraction of sp³-hybridized carbons (Fsp3) is 0.312. The van der Waals surface area contributed by atoms with Crippen LogP contribution in [0.3, 0.4) is 0 Å². The van der Waals surface area contributed by atoms with Crippen LogP contribution in [-0.4, -0.2) is 23.1 Å². The number of ether oxygens (including phenoxy) is 1. The van der Waals surface area contributed by atoms with Gasteiger partial charge in [0.1, 0.15) is 17.1 Å². The second kappa shape index (κ2) is 7.96. The van der Waals surface area contributed by atoms with E-state index >= 15 is 0 Å². The predicted octanol–water partition coefficient (Wildman–Crippen LogP) is 2.54. The number of rotatable bonds is 5. The molecule has 2 amide bonds. The Labute approximate surface area is 147 Å². The molecule has 1 aromatic heterocycles. The van der Waals surface area contributed by atoms with Crippen LogP contribution < -0.4 is 15.6 Å². The van der Waals surface area contributed by atoms with Crippen molar-refractivity contribution in [1.29, 1.82) is 0 Å². The topological polar surface area (TPSA) is 93.5 Å². The zero-order chi connectivity index (χ0) is 17.7. The first kappa shape index (κ1) is 18.0. The van der Waals surface area contributed by atoms with Crippen LogP contribution >= 0.6 is 15.9 Å². The monoisotopic (exact) mass is 395 g/mol. The van der Waals surface area contributed by atoms with Crippen LogP contribution in [0.2, 0.25) is 0 Å². The summed E-state index contributed by atoms with van der Waals surface area (Å²) in [4.78, 5) is 24.2. The van der Waals surface area contributed by atoms with Crippen molar-refractivity contribution < 1.29 is 18.8 Å². The molecule has 0 aliphatic carbocycles. The van der Waals surface area contributed by atoms with Crippen molar-refractivity contribution in [2.75, 3.05) is 0 Å². The Morgan fingerprint density at radius 2 is 2.12 bits per heavy atom. The molecule has 1 atom stereocenters. The minimum absolute atomic E-state index is 0.332. The molecule has 0 saturated carbocycles. The minimum atomic E-state index is -0.784. The van der Waals surface area contributed by atoms with Crippen LogP contribution in [0.1, 0.15) is 35.7 Å². The van der Waals surface area contributed by atoms with E-state index in [1.54, 1.807) is 32.0 Å². The number of aromatic nitrogens is 1. The van der Waals surface area contributed by atoms with Gasteiger partial charge in [-0.1, -0.05) is 34.1 Å². The van der Waals surface area contributed by atoms with Crippen LogP contribution in [0.4, 0.5) is 0 Å². The number of aryl methyl sites for hydroxylation is 2. The molecule has 0 spiro atoms. The van der Waals surface area contributed by atoms with Gasteiger partial charge in [-0.25, -0.2) is 0 Å². The van der Waals surface area contributed by atoms with Gasteiger partial charge in [-0.3, -0.25) is 20.4 Å². The van der Waals surface area contributed by atoms with Crippen molar-refractivity contribution in [2.45, 2.75) is 33.3 Å². The second-order valence-electron chi connectivity index (χ2n) is 5.07. The first-order valence-electron chi connectivity index (χ1n) is 7.40. The number of amides is 2. The summed E-state index contributed by atoms with van der Waals surface area (Å²) >= 11 is 3.33. The van der Waals surface area contributed by atoms with Crippen LogP contribution in [0, 0.1) is 6.92 Å². The van der Waals surface area contributed by atoms with E-state index in [2.05, 4.69) is 31.9 Å². The molecule has 0 bridgehead atoms. The Morgan fingerprint density at radius 1 is 1.38 bits per heavy atom. The van der Waals surface area contributed by atoms with Crippen molar-refractivity contribution in [3.05, 3.63) is 45.8 Å². The number of halogens is 1. The fourth-order valence-electron chi connectivity index (χ4n) is 2.03. The number of nitrogens with one attached hydrogen (secondary N) is 2. The van der Waals surface area contributed by atoms with E-state index in [9.17, 15) is 9.59 Å². The van der Waals surface area contributed by atoms with Gasteiger partial charge in [0, 0.05) is 4.47 Å². The van der Waals surface area contributed by atoms with E-state index in [-0.39, 0.29) is 0 Å². The Bertz CT molecular complexity index is 745. The summed E-state index contributed by atoms with van der Waals surface area (Å²) < 4.78 is 11.4. The maximum Gasteiger partial charge on any atom is 0.279 e. The highest BCUT2D eigenvalue weighted by molar-refractivity contribution is 9.10. The number of nitrogens with zero attached hydrogens (tertiary/aromatic N) is 1. The van der Waals surface area contributed by atoms with E-state index in [1.165, 1.54) is 0 Å². The molecule has 2 aromatic rings. The van der Waals surface area contributed by atoms with Crippen LogP contribution in [0.5, 0.6) is 5.75 Å². The first-order valence-corrected chi connectivity index (χ1v) is 8.19. The minimum Gasteiger partial charge on any atom is -0.481 e. The maximum absolute atomic E-state index is 12.2. The van der Waals surface area contributed by atoms with Gasteiger partial charge in [0.15, 0.2) is 6.10 Å². The van der Waals surface area contributed by atoms with Gasteiger partial charge in [-0.2, -0.15) is 0 Å². The highest BCUT2D eigenvalue weighted by atomic mass is 79.9. The summed E-state index contributed by atoms with van der Waals surface area (Å²) in [5, 5.41) is 3.80. The van der Waals surface area contributed by atoms with E-state index in [0.29, 0.717) is 29.2 Å². The van der Waals surface area contributed by atoms with Gasteiger partial charge in [0.05, 0.1) is 5.69 Å². The zero-order valence-corrected chi connectivity index (χ0v) is 15.1. The summed E-state index contributed by atoms with van der Waals surface area (Å²) in [6, 6.07) is 7.13. The van der Waals surface area contributed by atoms with Crippen molar-refractivity contribution in [3.63, 3.8) is 0 Å². The average Bonchev–Trinajstić information content (AvgIpc) is 2.93. The standard InChI is InChI=1S/C16H18BrN3O4/c1-4-13-14(9(2)24-20-13)16(22)19-18-15(21)10(3)23-12-7-5-6-11(17)8-12/h5-8,10H,4H2,1-3H3,(H,18,21)(H,19,22)/t10-/m0/s1. The van der Waals surface area contributed by atoms with Crippen LogP contribution in [0.25, 0.3) is 0 Å². The molecule has 7 nitrogen and oxygen atoms in total. The lowest BCUT2D eigenvalue weighted by Crippen LogP contribution is -2.47. The van der Waals surface area contributed by atoms with Crippen molar-refractivity contribution >= 4 is 27.7 Å². The van der Waals surface area contributed by atoms with Gasteiger partial charge in [0.25, 0.3) is 11.8 Å². The Hall–Kier alpha value is -2.35. The number of hydrogen-bond acceptors (Lipinski definition) is 5. The number of benzene rings is 1. The quantitative estimate of drug-likeness (QED) is 0.758. The molecular weight excluding hydrogens is 378 g/mol. The third kappa shape index (κ3) is 4.35. The Balaban J connectivity index is 1.92. The third-order valence-electron chi connectivity index (χ3n) is 3.27. The van der Waals surface area contributed by atoms with Gasteiger partial charge < -0.3 is 9.26 Å². The van der Waals surface area contributed by atoms with Crippen molar-refractivity contribution in [3.8, 4) is 5.75 Å². The maximum atomic E-state index is 12.2. The number of hydrogen-bond donors (Lipinski definition) is 2. The Kier molecular flexibility index (Phi) is 5.97. The van der Waals surface area contributed by atoms with Crippen LogP contribution in [0.15, 0.2) is 33.3 Å². The van der Waals surface area contributed by atoms with E-state index in [1.807, 2.05) is 13.0 Å². The normalized spacial score (nSPS) is 11.7. The number of carbonyl (C=O) groups is 2. The highest BCUT2D eigenvalue weighted by Gasteiger charge is 2.21. The fourth-order valence-corrected chi connectivity index (χ4v) is 2.41. The molecule has 0 saturated heterocycles. The summed E-state index contributed by atoms with van der Waals surface area (Å²) in [5.41, 5.74) is 5.56. The molecule has 1 heterocycles. The molecule has 1 aromatic carbocycles. The zero-order valence-electron chi connectivity index (χ0n) is 13.6. The first-order chi connectivity index (χ1) is 11.4. The highest BCUT2D eigenvalue weighted by Crippen LogP contribution is 2.19. The summed E-state index contributed by atoms with van der Waals surface area (Å²) in [6.45, 7) is 5.09. The summed E-state index contributed by atoms with van der Waals surface area (Å²) in [7, 11) is 0. The van der Waals surface area contributed by atoms with Crippen molar-refractivity contribution in [1.82, 2.24) is 16.0 Å². The second-order valence-corrected chi connectivity index (χ2v) is 5.99. The van der Waals surface area contributed by atoms with E-state index in [4.69, 9.17) is 9.26 Å². The number of hydrazine groups is 1. The summed E-state index contributed by atoms with van der Waals surface area (Å²) in [5.74, 6) is -0.0115. The van der Waals surface area contributed by atoms with Gasteiger partial charge in [-0.05, 0) is 38.5 Å². The molecule has 0 fully saturated rings. The molecule has 128 valence electrons. The van der Waals surface area contributed by atoms with Crippen molar-refractivity contribution in [2.24, 2.45) is 0 Å². The van der Waals surface area contributed by atoms with Crippen LogP contribution in [-0.2, 0) is 11.2 Å². The lowest BCUT2D eigenvalue weighted by atomic mass is 10.1. The molecular formula is C16H18BrN3O4. The predicted molar refractivity (Wildman–Crippen MR) is 90.5 cm³/mol. The van der Waals surface area contributed by atoms with E-state index < -0.39 is 17.9 Å². The summed E-state index contributed by atoms with van der Waals surface area (Å²) in [6.07, 6.45) is -0.231. The van der Waals surface area contributed by atoms with Gasteiger partial charge >= 0.3 is 0 Å². The largest absolute Gasteiger partial charge is 0.481 e.